The van der Waals surface area contributed by atoms with E-state index in [1.165, 1.54) is 11.8 Å². The third-order valence-electron chi connectivity index (χ3n) is 4.55. The van der Waals surface area contributed by atoms with E-state index in [9.17, 15) is 13.2 Å². The third kappa shape index (κ3) is 5.69. The maximum Gasteiger partial charge on any atom is 0.274 e. The number of aromatic nitrogens is 2. The van der Waals surface area contributed by atoms with Gasteiger partial charge in [0.1, 0.15) is 5.03 Å². The van der Waals surface area contributed by atoms with Gasteiger partial charge in [0.15, 0.2) is 11.5 Å². The summed E-state index contributed by atoms with van der Waals surface area (Å²) in [4.78, 5) is 23.1. The second-order valence-corrected chi connectivity index (χ2v) is 8.83. The van der Waals surface area contributed by atoms with E-state index in [4.69, 9.17) is 14.6 Å². The third-order valence-corrected chi connectivity index (χ3v) is 6.09. The van der Waals surface area contributed by atoms with Crippen molar-refractivity contribution in [3.05, 3.63) is 18.3 Å². The highest BCUT2D eigenvalue weighted by molar-refractivity contribution is 7.99. The highest BCUT2D eigenvalue weighted by atomic mass is 32.2. The van der Waals surface area contributed by atoms with Crippen LogP contribution in [-0.2, 0) is 15.0 Å². The van der Waals surface area contributed by atoms with Crippen LogP contribution in [-0.4, -0.2) is 68.3 Å². The first-order valence-electron chi connectivity index (χ1n) is 8.88. The number of thioether (sulfide) groups is 1. The van der Waals surface area contributed by atoms with E-state index in [0.717, 1.165) is 0 Å². The van der Waals surface area contributed by atoms with Crippen LogP contribution in [0, 0.1) is 0 Å². The minimum absolute atomic E-state index is 0.0294. The van der Waals surface area contributed by atoms with Gasteiger partial charge in [-0.05, 0) is 12.8 Å². The highest BCUT2D eigenvalue weighted by Gasteiger charge is 2.24. The number of piperidine rings is 1. The van der Waals surface area contributed by atoms with Crippen molar-refractivity contribution in [3.63, 3.8) is 0 Å². The normalized spacial score (nSPS) is 15.5. The van der Waals surface area contributed by atoms with Gasteiger partial charge in [-0.1, -0.05) is 11.8 Å². The lowest BCUT2D eigenvalue weighted by Crippen LogP contribution is -2.48. The molecule has 2 aromatic rings. The van der Waals surface area contributed by atoms with Crippen LogP contribution in [0.2, 0.25) is 0 Å². The summed E-state index contributed by atoms with van der Waals surface area (Å²) in [7, 11) is -0.617. The molecule has 1 aromatic carbocycles. The van der Waals surface area contributed by atoms with Crippen molar-refractivity contribution >= 4 is 38.9 Å². The van der Waals surface area contributed by atoms with Crippen LogP contribution in [0.3, 0.4) is 0 Å². The van der Waals surface area contributed by atoms with E-state index in [0.29, 0.717) is 53.5 Å². The van der Waals surface area contributed by atoms with Crippen LogP contribution in [0.5, 0.6) is 11.5 Å². The Kier molecular flexibility index (Phi) is 6.77. The fourth-order valence-corrected chi connectivity index (χ4v) is 4.54. The number of rotatable bonds is 7. The molecule has 3 rings (SSSR count). The Morgan fingerprint density at radius 2 is 1.86 bits per heavy atom. The van der Waals surface area contributed by atoms with E-state index >= 15 is 0 Å². The number of likely N-dealkylation sites (tertiary alicyclic amines) is 1. The van der Waals surface area contributed by atoms with Crippen molar-refractivity contribution in [2.75, 3.05) is 33.1 Å². The van der Waals surface area contributed by atoms with E-state index in [2.05, 4.69) is 14.7 Å². The zero-order valence-electron chi connectivity index (χ0n) is 16.1. The van der Waals surface area contributed by atoms with Gasteiger partial charge in [-0.25, -0.2) is 10.1 Å². The Labute approximate surface area is 173 Å². The molecule has 12 heteroatoms. The second kappa shape index (κ2) is 9.11. The lowest BCUT2D eigenvalue weighted by atomic mass is 10.1. The van der Waals surface area contributed by atoms with Crippen molar-refractivity contribution in [1.82, 2.24) is 19.6 Å². The molecule has 10 nitrogen and oxygen atoms in total. The van der Waals surface area contributed by atoms with Crippen LogP contribution < -0.4 is 19.3 Å². The van der Waals surface area contributed by atoms with Crippen molar-refractivity contribution < 1.29 is 22.7 Å². The molecule has 0 aliphatic carbocycles. The van der Waals surface area contributed by atoms with Gasteiger partial charge in [-0.3, -0.25) is 9.78 Å². The van der Waals surface area contributed by atoms with Gasteiger partial charge in [0.2, 0.25) is 5.91 Å². The largest absolute Gasteiger partial charge is 0.493 e. The van der Waals surface area contributed by atoms with Crippen LogP contribution in [0.1, 0.15) is 12.8 Å². The molecule has 158 valence electrons. The van der Waals surface area contributed by atoms with Crippen LogP contribution >= 0.6 is 11.8 Å². The highest BCUT2D eigenvalue weighted by Crippen LogP contribution is 2.31. The lowest BCUT2D eigenvalue weighted by molar-refractivity contribution is -0.129. The molecule has 1 aliphatic heterocycles. The Hall–Kier alpha value is -2.15. The summed E-state index contributed by atoms with van der Waals surface area (Å²) in [6, 6.07) is 3.26. The number of carbonyl (C=O) groups excluding carboxylic acids is 1. The number of nitrogens with two attached hydrogens (primary N) is 1. The monoisotopic (exact) mass is 441 g/mol. The van der Waals surface area contributed by atoms with Crippen molar-refractivity contribution in [2.45, 2.75) is 23.9 Å². The molecule has 1 aromatic heterocycles. The summed E-state index contributed by atoms with van der Waals surface area (Å²) in [5.41, 5.74) is 1.32. The quantitative estimate of drug-likeness (QED) is 0.594. The summed E-state index contributed by atoms with van der Waals surface area (Å²) >= 11 is 1.30. The van der Waals surface area contributed by atoms with Crippen LogP contribution in [0.4, 0.5) is 0 Å². The van der Waals surface area contributed by atoms with Gasteiger partial charge in [0.05, 0.1) is 37.2 Å². The molecule has 0 spiro atoms. The zero-order chi connectivity index (χ0) is 21.0. The first-order valence-corrected chi connectivity index (χ1v) is 11.4. The Balaban J connectivity index is 1.58. The average Bonchev–Trinajstić information content (AvgIpc) is 2.70. The fraction of sp³-hybridized carbons (Fsp3) is 0.471. The van der Waals surface area contributed by atoms with Gasteiger partial charge in [-0.15, -0.1) is 0 Å². The number of nitrogens with zero attached hydrogens (tertiary/aromatic N) is 3. The van der Waals surface area contributed by atoms with Gasteiger partial charge in [0, 0.05) is 31.3 Å². The maximum absolute atomic E-state index is 12.5. The minimum atomic E-state index is -3.72. The molecule has 0 saturated carbocycles. The molecule has 1 amide bonds. The number of nitrogens with one attached hydrogen (secondary N) is 1. The topological polar surface area (TPSA) is 137 Å². The summed E-state index contributed by atoms with van der Waals surface area (Å²) in [5.74, 6) is 1.33. The van der Waals surface area contributed by atoms with Gasteiger partial charge < -0.3 is 14.4 Å². The molecular formula is C17H23N5O5S2. The van der Waals surface area contributed by atoms with Crippen LogP contribution in [0.25, 0.3) is 11.0 Å². The van der Waals surface area contributed by atoms with E-state index in [1.54, 1.807) is 37.4 Å². The van der Waals surface area contributed by atoms with Crippen LogP contribution in [0.15, 0.2) is 23.4 Å². The Morgan fingerprint density at radius 3 is 2.45 bits per heavy atom. The second-order valence-electron chi connectivity index (χ2n) is 6.51. The zero-order valence-corrected chi connectivity index (χ0v) is 17.8. The molecule has 0 unspecified atom stereocenters. The Morgan fingerprint density at radius 1 is 1.24 bits per heavy atom. The molecule has 1 aliphatic rings. The Bertz CT molecular complexity index is 993. The molecule has 29 heavy (non-hydrogen) atoms. The SMILES string of the molecule is COc1cc2ncc(SCC(=O)N3CCC(NS(N)(=O)=O)CC3)nc2cc1OC. The molecule has 0 bridgehead atoms. The number of hydrogen-bond donors (Lipinski definition) is 2. The van der Waals surface area contributed by atoms with E-state index in [-0.39, 0.29) is 17.7 Å². The number of ether oxygens (including phenoxy) is 2. The van der Waals surface area contributed by atoms with Gasteiger partial charge >= 0.3 is 0 Å². The van der Waals surface area contributed by atoms with Crippen molar-refractivity contribution in [1.29, 1.82) is 0 Å². The standard InChI is InChI=1S/C17H23N5O5S2/c1-26-14-7-12-13(8-15(14)27-2)20-16(9-19-12)28-10-17(23)22-5-3-11(4-6-22)21-29(18,24)25/h7-9,11,21H,3-6,10H2,1-2H3,(H2,18,24,25). The average molecular weight is 442 g/mol. The van der Waals surface area contributed by atoms with Crippen molar-refractivity contribution in [3.8, 4) is 11.5 Å². The molecule has 2 heterocycles. The number of fused-ring (bicyclic) bond motifs is 1. The first kappa shape index (κ1) is 21.6. The van der Waals surface area contributed by atoms with Crippen molar-refractivity contribution in [2.24, 2.45) is 5.14 Å². The van der Waals surface area contributed by atoms with E-state index in [1.807, 2.05) is 0 Å². The lowest BCUT2D eigenvalue weighted by Gasteiger charge is -2.31. The summed E-state index contributed by atoms with van der Waals surface area (Å²) in [6.07, 6.45) is 2.68. The number of benzene rings is 1. The number of hydrogen-bond acceptors (Lipinski definition) is 8. The molecule has 0 radical (unpaired) electrons. The first-order chi connectivity index (χ1) is 13.8. The summed E-state index contributed by atoms with van der Waals surface area (Å²) in [5, 5.41) is 5.62. The number of amides is 1. The maximum atomic E-state index is 12.5. The minimum Gasteiger partial charge on any atom is -0.493 e. The predicted octanol–water partition coefficient (Wildman–Crippen LogP) is 0.523. The number of methoxy groups -OCH3 is 2. The molecule has 1 fully saturated rings. The van der Waals surface area contributed by atoms with E-state index < -0.39 is 10.2 Å². The molecule has 3 N–H and O–H groups in total. The number of carbonyl (C=O) groups is 1. The molecule has 1 saturated heterocycles. The molecule has 0 atom stereocenters. The predicted molar refractivity (Wildman–Crippen MR) is 109 cm³/mol. The smallest absolute Gasteiger partial charge is 0.274 e. The fourth-order valence-electron chi connectivity index (χ4n) is 3.10. The molecular weight excluding hydrogens is 418 g/mol. The summed E-state index contributed by atoms with van der Waals surface area (Å²) < 4.78 is 35.1. The van der Waals surface area contributed by atoms with Gasteiger partial charge in [0.25, 0.3) is 10.2 Å². The summed E-state index contributed by atoms with van der Waals surface area (Å²) in [6.45, 7) is 0.958. The van der Waals surface area contributed by atoms with Gasteiger partial charge in [-0.2, -0.15) is 13.1 Å².